The van der Waals surface area contributed by atoms with Crippen molar-refractivity contribution < 1.29 is 23.8 Å². The zero-order valence-electron chi connectivity index (χ0n) is 30.0. The number of carbonyl (C=O) groups is 2. The van der Waals surface area contributed by atoms with Crippen molar-refractivity contribution >= 4 is 11.9 Å². The van der Waals surface area contributed by atoms with Gasteiger partial charge in [0.25, 0.3) is 0 Å². The number of hydrogen-bond donors (Lipinski definition) is 0. The molecule has 1 aromatic heterocycles. The summed E-state index contributed by atoms with van der Waals surface area (Å²) in [4.78, 5) is 26.9. The quantitative estimate of drug-likeness (QED) is 0.115. The van der Waals surface area contributed by atoms with Gasteiger partial charge in [-0.1, -0.05) is 83.0 Å². The molecule has 0 aliphatic carbocycles. The fourth-order valence-electron chi connectivity index (χ4n) is 5.31. The Balaban J connectivity index is 1.48. The van der Waals surface area contributed by atoms with Gasteiger partial charge in [-0.15, -0.1) is 11.5 Å². The van der Waals surface area contributed by atoms with Crippen LogP contribution in [0.1, 0.15) is 95.6 Å². The maximum Gasteiger partial charge on any atom is 0.338 e. The van der Waals surface area contributed by atoms with Gasteiger partial charge < -0.3 is 14.2 Å². The van der Waals surface area contributed by atoms with Gasteiger partial charge in [-0.2, -0.15) is 0 Å². The molecule has 0 spiro atoms. The van der Waals surface area contributed by atoms with Gasteiger partial charge in [0.1, 0.15) is 24.7 Å². The molecule has 0 unspecified atom stereocenters. The van der Waals surface area contributed by atoms with Gasteiger partial charge in [0, 0.05) is 11.1 Å². The first-order valence-corrected chi connectivity index (χ1v) is 16.4. The number of terminal acetylenes is 1. The highest BCUT2D eigenvalue weighted by Crippen LogP contribution is 2.33. The van der Waals surface area contributed by atoms with E-state index in [1.807, 2.05) is 37.3 Å². The maximum atomic E-state index is 13.4. The van der Waals surface area contributed by atoms with Crippen molar-refractivity contribution in [3.8, 4) is 35.0 Å². The lowest BCUT2D eigenvalue weighted by Crippen LogP contribution is -2.16. The van der Waals surface area contributed by atoms with Crippen molar-refractivity contribution in [2.75, 3.05) is 7.11 Å². The lowest BCUT2D eigenvalue weighted by atomic mass is 9.79. The summed E-state index contributed by atoms with van der Waals surface area (Å²) in [5.74, 6) is 2.12. The Morgan fingerprint density at radius 3 is 1.84 bits per heavy atom. The first-order chi connectivity index (χ1) is 23.6. The maximum absolute atomic E-state index is 13.4. The minimum atomic E-state index is -0.609. The monoisotopic (exact) mass is 669 g/mol. The molecule has 5 aromatic rings. The predicted octanol–water partition coefficient (Wildman–Crippen LogP) is 8.54. The Labute approximate surface area is 294 Å². The van der Waals surface area contributed by atoms with Crippen molar-refractivity contribution in [1.82, 2.24) is 15.0 Å². The highest BCUT2D eigenvalue weighted by atomic mass is 16.5. The number of hydrogen-bond acceptors (Lipinski definition) is 7. The summed E-state index contributed by atoms with van der Waals surface area (Å²) in [7, 11) is 1.59. The summed E-state index contributed by atoms with van der Waals surface area (Å²) in [5.41, 5.74) is 7.84. The molecule has 8 nitrogen and oxygen atoms in total. The third kappa shape index (κ3) is 8.48. The van der Waals surface area contributed by atoms with E-state index in [-0.39, 0.29) is 35.2 Å². The summed E-state index contributed by atoms with van der Waals surface area (Å²) in [6.07, 6.45) is 7.35. The van der Waals surface area contributed by atoms with E-state index in [0.717, 1.165) is 27.8 Å². The lowest BCUT2D eigenvalue weighted by Gasteiger charge is -2.26. The molecule has 0 atom stereocenters. The molecule has 0 saturated heterocycles. The molecule has 0 amide bonds. The number of aryl methyl sites for hydroxylation is 1. The Kier molecular flexibility index (Phi) is 10.3. The SMILES string of the molecule is C#Cc1ccc(COC(=O)c2cc(C(=O)OCc3ccc(OC)cc3)cc(-n3cc(-c4cc(C(C)(C)C)cc(C(C)(C)C)c4)nn3)c2)cc1C. The van der Waals surface area contributed by atoms with Crippen LogP contribution in [0.25, 0.3) is 16.9 Å². The topological polar surface area (TPSA) is 92.5 Å². The molecular formula is C42H43N3O5. The first kappa shape index (κ1) is 35.6. The first-order valence-electron chi connectivity index (χ1n) is 16.4. The van der Waals surface area contributed by atoms with Gasteiger partial charge in [-0.05, 0) is 94.1 Å². The molecule has 4 aromatic carbocycles. The molecule has 0 aliphatic heterocycles. The van der Waals surface area contributed by atoms with Gasteiger partial charge in [-0.3, -0.25) is 0 Å². The molecule has 0 N–H and O–H groups in total. The summed E-state index contributed by atoms with van der Waals surface area (Å²) in [6.45, 7) is 15.1. The van der Waals surface area contributed by atoms with Crippen LogP contribution in [0.2, 0.25) is 0 Å². The van der Waals surface area contributed by atoms with Gasteiger partial charge in [-0.25, -0.2) is 14.3 Å². The highest BCUT2D eigenvalue weighted by molar-refractivity contribution is 5.96. The molecule has 0 aliphatic rings. The largest absolute Gasteiger partial charge is 0.497 e. The van der Waals surface area contributed by atoms with E-state index in [9.17, 15) is 9.59 Å². The minimum absolute atomic E-state index is 0.0275. The number of rotatable bonds is 9. The molecular weight excluding hydrogens is 626 g/mol. The van der Waals surface area contributed by atoms with Crippen LogP contribution in [0.3, 0.4) is 0 Å². The third-order valence-electron chi connectivity index (χ3n) is 8.45. The Morgan fingerprint density at radius 2 is 1.32 bits per heavy atom. The van der Waals surface area contributed by atoms with Crippen molar-refractivity contribution in [3.63, 3.8) is 0 Å². The summed E-state index contributed by atoms with van der Waals surface area (Å²) >= 11 is 0. The average molecular weight is 670 g/mol. The number of methoxy groups -OCH3 is 1. The molecule has 5 rings (SSSR count). The van der Waals surface area contributed by atoms with Crippen molar-refractivity contribution in [1.29, 1.82) is 0 Å². The minimum Gasteiger partial charge on any atom is -0.497 e. The van der Waals surface area contributed by atoms with Gasteiger partial charge >= 0.3 is 11.9 Å². The zero-order valence-corrected chi connectivity index (χ0v) is 30.0. The van der Waals surface area contributed by atoms with Gasteiger partial charge in [0.05, 0.1) is 30.1 Å². The fraction of sp³-hybridized carbons (Fsp3) is 0.286. The number of benzene rings is 4. The number of esters is 2. The zero-order chi connectivity index (χ0) is 36.2. The van der Waals surface area contributed by atoms with E-state index in [4.69, 9.17) is 20.6 Å². The molecule has 8 heteroatoms. The standard InChI is InChI=1S/C42H43N3O5/c1-10-30-14-11-29(17-27(30)2)26-50-40(47)33-18-32(39(46)49-25-28-12-15-37(48-9)16-13-28)21-36(22-33)45-24-38(43-44-45)31-19-34(41(3,4)5)23-35(20-31)42(6,7)8/h1,11-24H,25-26H2,2-9H3. The van der Waals surface area contributed by atoms with Crippen LogP contribution < -0.4 is 4.74 Å². The third-order valence-corrected chi connectivity index (χ3v) is 8.45. The van der Waals surface area contributed by atoms with Crippen molar-refractivity contribution in [2.24, 2.45) is 0 Å². The second-order valence-corrected chi connectivity index (χ2v) is 14.4. The van der Waals surface area contributed by atoms with E-state index in [0.29, 0.717) is 17.1 Å². The highest BCUT2D eigenvalue weighted by Gasteiger charge is 2.23. The number of nitrogens with zero attached hydrogens (tertiary/aromatic N) is 3. The van der Waals surface area contributed by atoms with Gasteiger partial charge in [0.15, 0.2) is 0 Å². The van der Waals surface area contributed by atoms with Crippen molar-refractivity contribution in [2.45, 2.75) is 72.5 Å². The Hall–Kier alpha value is -5.68. The smallest absolute Gasteiger partial charge is 0.338 e. The Morgan fingerprint density at radius 1 is 0.760 bits per heavy atom. The molecule has 256 valence electrons. The fourth-order valence-corrected chi connectivity index (χ4v) is 5.31. The molecule has 0 fully saturated rings. The van der Waals surface area contributed by atoms with Crippen LogP contribution in [0.4, 0.5) is 0 Å². The van der Waals surface area contributed by atoms with E-state index < -0.39 is 11.9 Å². The van der Waals surface area contributed by atoms with E-state index in [1.54, 1.807) is 42.3 Å². The predicted molar refractivity (Wildman–Crippen MR) is 195 cm³/mol. The van der Waals surface area contributed by atoms with Crippen LogP contribution in [-0.2, 0) is 33.5 Å². The van der Waals surface area contributed by atoms with Crippen LogP contribution in [0, 0.1) is 19.3 Å². The normalized spacial score (nSPS) is 11.5. The Bertz CT molecular complexity index is 2040. The molecule has 50 heavy (non-hydrogen) atoms. The number of carbonyl (C=O) groups excluding carboxylic acids is 2. The van der Waals surface area contributed by atoms with Crippen LogP contribution in [0.5, 0.6) is 5.75 Å². The summed E-state index contributed by atoms with van der Waals surface area (Å²) in [6, 6.07) is 24.0. The molecule has 0 radical (unpaired) electrons. The summed E-state index contributed by atoms with van der Waals surface area (Å²) < 4.78 is 18.1. The summed E-state index contributed by atoms with van der Waals surface area (Å²) in [5, 5.41) is 8.91. The molecule has 0 saturated carbocycles. The lowest BCUT2D eigenvalue weighted by molar-refractivity contribution is 0.0470. The average Bonchev–Trinajstić information content (AvgIpc) is 3.59. The number of aromatic nitrogens is 3. The number of ether oxygens (including phenoxy) is 3. The van der Waals surface area contributed by atoms with E-state index >= 15 is 0 Å². The van der Waals surface area contributed by atoms with E-state index in [1.165, 1.54) is 17.2 Å². The van der Waals surface area contributed by atoms with Crippen LogP contribution in [-0.4, -0.2) is 34.0 Å². The van der Waals surface area contributed by atoms with Crippen LogP contribution in [0.15, 0.2) is 85.1 Å². The van der Waals surface area contributed by atoms with Crippen LogP contribution >= 0.6 is 0 Å². The second-order valence-electron chi connectivity index (χ2n) is 14.4. The van der Waals surface area contributed by atoms with Crippen molar-refractivity contribution in [3.05, 3.63) is 130 Å². The van der Waals surface area contributed by atoms with E-state index in [2.05, 4.69) is 76.0 Å². The van der Waals surface area contributed by atoms with Gasteiger partial charge in [0.2, 0.25) is 0 Å². The second kappa shape index (κ2) is 14.4. The molecule has 1 heterocycles. The molecule has 0 bridgehead atoms.